The molecule has 4 rings (SSSR count). The zero-order valence-corrected chi connectivity index (χ0v) is 21.1. The molecule has 0 aliphatic carbocycles. The third kappa shape index (κ3) is 4.45. The quantitative estimate of drug-likeness (QED) is 0.484. The van der Waals surface area contributed by atoms with Crippen LogP contribution in [0.1, 0.15) is 19.8 Å². The SMILES string of the molecule is C[C@@H]1OCC2(CCN(c3cnc4c(Br)cn(COCC[Si](C)(C)C)c4n3)CC2)[C@@H]1N. The number of anilines is 1. The van der Waals surface area contributed by atoms with Gasteiger partial charge in [0.05, 0.1) is 23.4 Å². The van der Waals surface area contributed by atoms with Crippen LogP contribution in [-0.4, -0.2) is 61.1 Å². The van der Waals surface area contributed by atoms with Crippen LogP contribution in [0.3, 0.4) is 0 Å². The van der Waals surface area contributed by atoms with Crippen LogP contribution in [0.25, 0.3) is 11.2 Å². The van der Waals surface area contributed by atoms with Gasteiger partial charge in [0.2, 0.25) is 0 Å². The van der Waals surface area contributed by atoms with E-state index in [0.717, 1.165) is 66.6 Å². The van der Waals surface area contributed by atoms with Crippen molar-refractivity contribution >= 4 is 41.0 Å². The van der Waals surface area contributed by atoms with Crippen LogP contribution in [0.2, 0.25) is 25.7 Å². The number of nitrogens with two attached hydrogens (primary N) is 1. The number of ether oxygens (including phenoxy) is 2. The van der Waals surface area contributed by atoms with Crippen LogP contribution in [-0.2, 0) is 16.2 Å². The maximum atomic E-state index is 6.46. The minimum Gasteiger partial charge on any atom is -0.376 e. The molecule has 30 heavy (non-hydrogen) atoms. The number of hydrogen-bond donors (Lipinski definition) is 1. The summed E-state index contributed by atoms with van der Waals surface area (Å²) in [5.41, 5.74) is 8.31. The molecule has 0 amide bonds. The molecule has 9 heteroatoms. The summed E-state index contributed by atoms with van der Waals surface area (Å²) in [6, 6.07) is 1.28. The molecule has 4 heterocycles. The van der Waals surface area contributed by atoms with Crippen molar-refractivity contribution in [1.29, 1.82) is 0 Å². The van der Waals surface area contributed by atoms with Gasteiger partial charge in [0, 0.05) is 45.4 Å². The van der Waals surface area contributed by atoms with E-state index in [1.54, 1.807) is 0 Å². The smallest absolute Gasteiger partial charge is 0.164 e. The minimum absolute atomic E-state index is 0.112. The molecule has 2 aliphatic rings. The zero-order valence-electron chi connectivity index (χ0n) is 18.5. The molecule has 0 unspecified atom stereocenters. The predicted molar refractivity (Wildman–Crippen MR) is 127 cm³/mol. The average molecular weight is 497 g/mol. The molecule has 2 aromatic rings. The fraction of sp³-hybridized carbons (Fsp3) is 0.714. The molecular formula is C21H34BrN5O2Si. The Balaban J connectivity index is 1.45. The lowest BCUT2D eigenvalue weighted by atomic mass is 9.73. The standard InChI is InChI=1S/C21H34BrN5O2Si/c1-15-19(23)21(13-29-15)5-7-26(8-6-21)17-11-24-18-16(22)12-27(20(18)25-17)14-28-9-10-30(2,3)4/h11-12,15,19H,5-10,13-14,23H2,1-4H3/t15-,19+/m0/s1. The predicted octanol–water partition coefficient (Wildman–Crippen LogP) is 3.84. The van der Waals surface area contributed by atoms with Crippen LogP contribution in [0.15, 0.2) is 16.9 Å². The molecule has 0 aromatic carbocycles. The number of aromatic nitrogens is 3. The van der Waals surface area contributed by atoms with Crippen molar-refractivity contribution in [3.63, 3.8) is 0 Å². The van der Waals surface area contributed by atoms with Crippen molar-refractivity contribution in [2.24, 2.45) is 11.1 Å². The first-order valence-electron chi connectivity index (χ1n) is 10.9. The highest BCUT2D eigenvalue weighted by molar-refractivity contribution is 9.10. The Bertz CT molecular complexity index is 891. The fourth-order valence-corrected chi connectivity index (χ4v) is 5.73. The van der Waals surface area contributed by atoms with E-state index >= 15 is 0 Å². The lowest BCUT2D eigenvalue weighted by molar-refractivity contribution is 0.0898. The Morgan fingerprint density at radius 3 is 2.70 bits per heavy atom. The number of piperidine rings is 1. The fourth-order valence-electron chi connectivity index (χ4n) is 4.44. The summed E-state index contributed by atoms with van der Waals surface area (Å²) in [4.78, 5) is 12.0. The summed E-state index contributed by atoms with van der Waals surface area (Å²) in [5, 5.41) is 0. The van der Waals surface area contributed by atoms with E-state index in [-0.39, 0.29) is 17.6 Å². The van der Waals surface area contributed by atoms with Gasteiger partial charge in [0.15, 0.2) is 5.65 Å². The van der Waals surface area contributed by atoms with Crippen LogP contribution in [0.4, 0.5) is 5.82 Å². The van der Waals surface area contributed by atoms with Crippen molar-refractivity contribution < 1.29 is 9.47 Å². The Hall–Kier alpha value is -1.00. The summed E-state index contributed by atoms with van der Waals surface area (Å²) in [6.45, 7) is 13.1. The molecule has 166 valence electrons. The van der Waals surface area contributed by atoms with Gasteiger partial charge >= 0.3 is 0 Å². The Kier molecular flexibility index (Phi) is 6.29. The number of hydrogen-bond acceptors (Lipinski definition) is 6. The topological polar surface area (TPSA) is 78.4 Å². The zero-order chi connectivity index (χ0) is 21.5. The molecule has 7 nitrogen and oxygen atoms in total. The van der Waals surface area contributed by atoms with Gasteiger partial charge in [-0.15, -0.1) is 0 Å². The molecule has 0 radical (unpaired) electrons. The first-order valence-corrected chi connectivity index (χ1v) is 15.4. The first kappa shape index (κ1) is 22.2. The highest BCUT2D eigenvalue weighted by Gasteiger charge is 2.47. The van der Waals surface area contributed by atoms with Gasteiger partial charge in [-0.05, 0) is 41.7 Å². The first-order chi connectivity index (χ1) is 14.2. The normalized spacial score (nSPS) is 24.3. The molecule has 2 N–H and O–H groups in total. The van der Waals surface area contributed by atoms with Gasteiger partial charge in [0.25, 0.3) is 0 Å². The largest absolute Gasteiger partial charge is 0.376 e. The number of nitrogens with zero attached hydrogens (tertiary/aromatic N) is 4. The number of halogens is 1. The molecule has 2 aromatic heterocycles. The van der Waals surface area contributed by atoms with E-state index < -0.39 is 8.07 Å². The Labute approximate surface area is 188 Å². The summed E-state index contributed by atoms with van der Waals surface area (Å²) >= 11 is 3.62. The van der Waals surface area contributed by atoms with Crippen LogP contribution < -0.4 is 10.6 Å². The van der Waals surface area contributed by atoms with E-state index in [1.807, 2.05) is 17.0 Å². The second kappa shape index (κ2) is 8.50. The van der Waals surface area contributed by atoms with Crippen molar-refractivity contribution in [1.82, 2.24) is 14.5 Å². The lowest BCUT2D eigenvalue weighted by Crippen LogP contribution is -2.50. The monoisotopic (exact) mass is 495 g/mol. The van der Waals surface area contributed by atoms with E-state index in [1.165, 1.54) is 0 Å². The highest BCUT2D eigenvalue weighted by Crippen LogP contribution is 2.41. The van der Waals surface area contributed by atoms with Crippen LogP contribution >= 0.6 is 15.9 Å². The Morgan fingerprint density at radius 2 is 2.07 bits per heavy atom. The van der Waals surface area contributed by atoms with E-state index in [0.29, 0.717) is 6.73 Å². The number of fused-ring (bicyclic) bond motifs is 1. The highest BCUT2D eigenvalue weighted by atomic mass is 79.9. The average Bonchev–Trinajstić information content (AvgIpc) is 3.17. The van der Waals surface area contributed by atoms with Crippen LogP contribution in [0.5, 0.6) is 0 Å². The van der Waals surface area contributed by atoms with Gasteiger partial charge in [-0.25, -0.2) is 9.97 Å². The van der Waals surface area contributed by atoms with Gasteiger partial charge in [-0.1, -0.05) is 19.6 Å². The molecule has 2 aliphatic heterocycles. The molecule has 2 atom stereocenters. The maximum absolute atomic E-state index is 6.46. The second-order valence-corrected chi connectivity index (χ2v) is 16.6. The Morgan fingerprint density at radius 1 is 1.33 bits per heavy atom. The van der Waals surface area contributed by atoms with Crippen molar-refractivity contribution in [2.75, 3.05) is 31.2 Å². The lowest BCUT2D eigenvalue weighted by Gasteiger charge is -2.41. The van der Waals surface area contributed by atoms with E-state index in [2.05, 4.69) is 47.4 Å². The summed E-state index contributed by atoms with van der Waals surface area (Å²) in [6.07, 6.45) is 6.11. The summed E-state index contributed by atoms with van der Waals surface area (Å²) < 4.78 is 14.8. The van der Waals surface area contributed by atoms with Crippen LogP contribution in [0, 0.1) is 5.41 Å². The molecule has 2 fully saturated rings. The summed E-state index contributed by atoms with van der Waals surface area (Å²) in [7, 11) is -1.09. The van der Waals surface area contributed by atoms with Gasteiger partial charge in [-0.3, -0.25) is 0 Å². The molecular weight excluding hydrogens is 462 g/mol. The third-order valence-corrected chi connectivity index (χ3v) is 8.95. The minimum atomic E-state index is -1.09. The number of rotatable bonds is 6. The van der Waals surface area contributed by atoms with Crippen molar-refractivity contribution in [3.05, 3.63) is 16.9 Å². The third-order valence-electron chi connectivity index (χ3n) is 6.67. The van der Waals surface area contributed by atoms with Gasteiger partial charge < -0.3 is 24.7 Å². The van der Waals surface area contributed by atoms with E-state index in [9.17, 15) is 0 Å². The van der Waals surface area contributed by atoms with Crippen molar-refractivity contribution in [3.8, 4) is 0 Å². The van der Waals surface area contributed by atoms with Crippen molar-refractivity contribution in [2.45, 2.75) is 64.3 Å². The molecule has 2 saturated heterocycles. The van der Waals surface area contributed by atoms with Gasteiger partial charge in [-0.2, -0.15) is 0 Å². The second-order valence-electron chi connectivity index (χ2n) is 10.1. The summed E-state index contributed by atoms with van der Waals surface area (Å²) in [5.74, 6) is 0.923. The van der Waals surface area contributed by atoms with Gasteiger partial charge in [0.1, 0.15) is 18.1 Å². The molecule has 0 bridgehead atoms. The molecule has 1 spiro atoms. The maximum Gasteiger partial charge on any atom is 0.164 e. The molecule has 0 saturated carbocycles. The van der Waals surface area contributed by atoms with E-state index in [4.69, 9.17) is 25.2 Å².